The van der Waals surface area contributed by atoms with Crippen molar-refractivity contribution in [3.05, 3.63) is 65.7 Å². The van der Waals surface area contributed by atoms with Gasteiger partial charge in [0.2, 0.25) is 0 Å². The van der Waals surface area contributed by atoms with E-state index in [9.17, 15) is 18.0 Å². The first-order valence-electron chi connectivity index (χ1n) is 8.85. The van der Waals surface area contributed by atoms with Gasteiger partial charge in [-0.05, 0) is 24.1 Å². The topological polar surface area (TPSA) is 98.8 Å². The fourth-order valence-electron chi connectivity index (χ4n) is 2.88. The van der Waals surface area contributed by atoms with Crippen LogP contribution in [0.4, 0.5) is 0 Å². The monoisotopic (exact) mass is 403 g/mol. The van der Waals surface area contributed by atoms with E-state index < -0.39 is 34.4 Å². The summed E-state index contributed by atoms with van der Waals surface area (Å²) in [4.78, 5) is 24.3. The second kappa shape index (κ2) is 8.88. The van der Waals surface area contributed by atoms with Crippen molar-refractivity contribution in [2.75, 3.05) is 18.1 Å². The lowest BCUT2D eigenvalue weighted by atomic mass is 10.2. The van der Waals surface area contributed by atoms with Crippen LogP contribution in [0, 0.1) is 0 Å². The van der Waals surface area contributed by atoms with Crippen LogP contribution in [0.2, 0.25) is 0 Å². The van der Waals surface area contributed by atoms with Crippen LogP contribution in [0.3, 0.4) is 0 Å². The molecule has 7 nitrogen and oxygen atoms in total. The molecule has 0 aromatic heterocycles. The number of ether oxygens (including phenoxy) is 2. The molecule has 1 amide bonds. The van der Waals surface area contributed by atoms with E-state index in [2.05, 4.69) is 5.32 Å². The molecule has 1 heterocycles. The Morgan fingerprint density at radius 3 is 2.46 bits per heavy atom. The zero-order valence-electron chi connectivity index (χ0n) is 15.2. The van der Waals surface area contributed by atoms with Crippen LogP contribution in [-0.2, 0) is 26.0 Å². The van der Waals surface area contributed by atoms with Crippen LogP contribution in [0.1, 0.15) is 22.3 Å². The highest BCUT2D eigenvalue weighted by molar-refractivity contribution is 7.91. The van der Waals surface area contributed by atoms with E-state index in [0.717, 1.165) is 5.56 Å². The number of sulfone groups is 1. The highest BCUT2D eigenvalue weighted by Crippen LogP contribution is 2.20. The summed E-state index contributed by atoms with van der Waals surface area (Å²) in [6, 6.07) is 15.7. The van der Waals surface area contributed by atoms with Crippen molar-refractivity contribution >= 4 is 21.7 Å². The summed E-state index contributed by atoms with van der Waals surface area (Å²) in [5.74, 6) is -0.873. The Morgan fingerprint density at radius 1 is 1.04 bits per heavy atom. The quantitative estimate of drug-likeness (QED) is 0.707. The highest BCUT2D eigenvalue weighted by Gasteiger charge is 2.29. The van der Waals surface area contributed by atoms with Crippen LogP contribution in [0.15, 0.2) is 54.6 Å². The first kappa shape index (κ1) is 19.9. The van der Waals surface area contributed by atoms with E-state index in [1.165, 1.54) is 0 Å². The Morgan fingerprint density at radius 2 is 1.75 bits per heavy atom. The number of hydrogen-bond donors (Lipinski definition) is 1. The van der Waals surface area contributed by atoms with Gasteiger partial charge in [-0.2, -0.15) is 0 Å². The van der Waals surface area contributed by atoms with Gasteiger partial charge in [-0.3, -0.25) is 4.79 Å². The minimum absolute atomic E-state index is 0.0594. The van der Waals surface area contributed by atoms with E-state index in [-0.39, 0.29) is 17.1 Å². The number of rotatable bonds is 7. The smallest absolute Gasteiger partial charge is 0.342 e. The third kappa shape index (κ3) is 5.56. The molecule has 2 aromatic rings. The van der Waals surface area contributed by atoms with Gasteiger partial charge in [-0.15, -0.1) is 0 Å². The normalized spacial score (nSPS) is 17.6. The first-order valence-corrected chi connectivity index (χ1v) is 10.7. The molecule has 1 saturated heterocycles. The minimum Gasteiger partial charge on any atom is -0.488 e. The summed E-state index contributed by atoms with van der Waals surface area (Å²) in [7, 11) is -3.09. The standard InChI is InChI=1S/C20H21NO6S/c22-19(21-16-10-11-28(24,25)14-16)13-27-20(23)17-8-4-5-9-18(17)26-12-15-6-2-1-3-7-15/h1-9,16H,10-14H2,(H,21,22). The van der Waals surface area contributed by atoms with Gasteiger partial charge in [-0.1, -0.05) is 42.5 Å². The molecule has 0 spiro atoms. The van der Waals surface area contributed by atoms with Crippen molar-refractivity contribution in [2.24, 2.45) is 0 Å². The lowest BCUT2D eigenvalue weighted by molar-refractivity contribution is -0.124. The third-order valence-corrected chi connectivity index (χ3v) is 6.04. The van der Waals surface area contributed by atoms with Crippen molar-refractivity contribution in [2.45, 2.75) is 19.1 Å². The van der Waals surface area contributed by atoms with E-state index in [4.69, 9.17) is 9.47 Å². The second-order valence-electron chi connectivity index (χ2n) is 6.51. The fraction of sp³-hybridized carbons (Fsp3) is 0.300. The summed E-state index contributed by atoms with van der Waals surface area (Å²) < 4.78 is 33.6. The number of nitrogens with one attached hydrogen (secondary N) is 1. The van der Waals surface area contributed by atoms with E-state index in [1.807, 2.05) is 30.3 Å². The van der Waals surface area contributed by atoms with Crippen LogP contribution in [-0.4, -0.2) is 44.4 Å². The number of carbonyl (C=O) groups is 2. The number of amides is 1. The Hall–Kier alpha value is -2.87. The molecule has 0 aliphatic carbocycles. The van der Waals surface area contributed by atoms with E-state index in [1.54, 1.807) is 24.3 Å². The van der Waals surface area contributed by atoms with Crippen LogP contribution < -0.4 is 10.1 Å². The molecular weight excluding hydrogens is 382 g/mol. The van der Waals surface area contributed by atoms with Crippen molar-refractivity contribution < 1.29 is 27.5 Å². The summed E-state index contributed by atoms with van der Waals surface area (Å²) in [6.07, 6.45) is 0.373. The Kier molecular flexibility index (Phi) is 6.30. The minimum atomic E-state index is -3.09. The number of esters is 1. The van der Waals surface area contributed by atoms with Crippen LogP contribution in [0.5, 0.6) is 5.75 Å². The molecule has 1 unspecified atom stereocenters. The molecule has 1 atom stereocenters. The molecule has 148 valence electrons. The molecule has 0 saturated carbocycles. The molecule has 1 aliphatic heterocycles. The Labute approximate surface area is 163 Å². The maximum Gasteiger partial charge on any atom is 0.342 e. The van der Waals surface area contributed by atoms with Gasteiger partial charge in [0.25, 0.3) is 5.91 Å². The average molecular weight is 403 g/mol. The Balaban J connectivity index is 1.53. The van der Waals surface area contributed by atoms with Crippen molar-refractivity contribution in [3.8, 4) is 5.75 Å². The maximum absolute atomic E-state index is 12.3. The molecule has 1 fully saturated rings. The van der Waals surface area contributed by atoms with Gasteiger partial charge in [0.1, 0.15) is 17.9 Å². The van der Waals surface area contributed by atoms with Gasteiger partial charge in [0, 0.05) is 6.04 Å². The molecule has 0 bridgehead atoms. The van der Waals surface area contributed by atoms with Gasteiger partial charge in [0.15, 0.2) is 16.4 Å². The summed E-state index contributed by atoms with van der Waals surface area (Å²) in [5, 5.41) is 2.58. The SMILES string of the molecule is O=C(COC(=O)c1ccccc1OCc1ccccc1)NC1CCS(=O)(=O)C1. The van der Waals surface area contributed by atoms with Crippen LogP contribution in [0.25, 0.3) is 0 Å². The summed E-state index contributed by atoms with van der Waals surface area (Å²) >= 11 is 0. The second-order valence-corrected chi connectivity index (χ2v) is 8.74. The van der Waals surface area contributed by atoms with Crippen molar-refractivity contribution in [1.29, 1.82) is 0 Å². The number of carbonyl (C=O) groups excluding carboxylic acids is 2. The molecule has 0 radical (unpaired) electrons. The summed E-state index contributed by atoms with van der Waals surface area (Å²) in [6.45, 7) is -0.190. The first-order chi connectivity index (χ1) is 13.4. The number of benzene rings is 2. The zero-order valence-corrected chi connectivity index (χ0v) is 16.0. The number of hydrogen-bond acceptors (Lipinski definition) is 6. The fourth-order valence-corrected chi connectivity index (χ4v) is 4.56. The zero-order chi connectivity index (χ0) is 20.0. The average Bonchev–Trinajstić information content (AvgIpc) is 3.03. The molecular formula is C20H21NO6S. The van der Waals surface area contributed by atoms with E-state index in [0.29, 0.717) is 18.8 Å². The predicted octanol–water partition coefficient (Wildman–Crippen LogP) is 1.73. The lowest BCUT2D eigenvalue weighted by Crippen LogP contribution is -2.38. The largest absolute Gasteiger partial charge is 0.488 e. The highest BCUT2D eigenvalue weighted by atomic mass is 32.2. The lowest BCUT2D eigenvalue weighted by Gasteiger charge is -2.13. The molecule has 3 rings (SSSR count). The van der Waals surface area contributed by atoms with Gasteiger partial charge in [0.05, 0.1) is 11.5 Å². The predicted molar refractivity (Wildman–Crippen MR) is 103 cm³/mol. The molecule has 2 aromatic carbocycles. The van der Waals surface area contributed by atoms with Gasteiger partial charge < -0.3 is 14.8 Å². The van der Waals surface area contributed by atoms with Crippen LogP contribution >= 0.6 is 0 Å². The molecule has 28 heavy (non-hydrogen) atoms. The number of para-hydroxylation sites is 1. The van der Waals surface area contributed by atoms with Gasteiger partial charge >= 0.3 is 5.97 Å². The van der Waals surface area contributed by atoms with Crippen molar-refractivity contribution in [1.82, 2.24) is 5.32 Å². The Bertz CT molecular complexity index is 942. The third-order valence-electron chi connectivity index (χ3n) is 4.28. The molecule has 1 aliphatic rings. The summed E-state index contributed by atoms with van der Waals surface area (Å²) in [5.41, 5.74) is 1.17. The molecule has 1 N–H and O–H groups in total. The van der Waals surface area contributed by atoms with Gasteiger partial charge in [-0.25, -0.2) is 13.2 Å². The van der Waals surface area contributed by atoms with Crippen molar-refractivity contribution in [3.63, 3.8) is 0 Å². The maximum atomic E-state index is 12.3. The van der Waals surface area contributed by atoms with E-state index >= 15 is 0 Å². The molecule has 8 heteroatoms.